The molecule has 1 aromatic rings. The highest BCUT2D eigenvalue weighted by molar-refractivity contribution is 5.95. The maximum atomic E-state index is 12.2. The molecular weight excluding hydrogens is 232 g/mol. The first-order valence-electron chi connectivity index (χ1n) is 6.15. The summed E-state index contributed by atoms with van der Waals surface area (Å²) in [5.41, 5.74) is 6.10. The van der Waals surface area contributed by atoms with Gasteiger partial charge in [0.15, 0.2) is 11.5 Å². The summed E-state index contributed by atoms with van der Waals surface area (Å²) in [7, 11) is 0. The number of likely N-dealkylation sites (N-methyl/N-ethyl adjacent to an activating group) is 1. The summed E-state index contributed by atoms with van der Waals surface area (Å²) in [6, 6.07) is 5.27. The Kier molecular flexibility index (Phi) is 4.04. The van der Waals surface area contributed by atoms with Crippen molar-refractivity contribution < 1.29 is 14.3 Å². The zero-order valence-corrected chi connectivity index (χ0v) is 10.5. The molecule has 2 N–H and O–H groups in total. The van der Waals surface area contributed by atoms with Gasteiger partial charge in [0.05, 0.1) is 0 Å². The van der Waals surface area contributed by atoms with Crippen molar-refractivity contribution in [2.75, 3.05) is 32.8 Å². The minimum absolute atomic E-state index is 0.0278. The fourth-order valence-electron chi connectivity index (χ4n) is 1.92. The van der Waals surface area contributed by atoms with Crippen molar-refractivity contribution in [3.8, 4) is 11.5 Å². The Labute approximate surface area is 106 Å². The van der Waals surface area contributed by atoms with E-state index in [2.05, 4.69) is 0 Å². The molecule has 1 aliphatic rings. The van der Waals surface area contributed by atoms with Gasteiger partial charge >= 0.3 is 0 Å². The first kappa shape index (κ1) is 12.7. The van der Waals surface area contributed by atoms with Crippen LogP contribution in [0.2, 0.25) is 0 Å². The van der Waals surface area contributed by atoms with E-state index >= 15 is 0 Å². The first-order chi connectivity index (χ1) is 8.76. The van der Waals surface area contributed by atoms with Gasteiger partial charge in [-0.3, -0.25) is 4.79 Å². The largest absolute Gasteiger partial charge is 0.486 e. The number of nitrogens with zero attached hydrogens (tertiary/aromatic N) is 1. The van der Waals surface area contributed by atoms with Gasteiger partial charge in [-0.25, -0.2) is 0 Å². The van der Waals surface area contributed by atoms with Crippen LogP contribution < -0.4 is 15.2 Å². The van der Waals surface area contributed by atoms with Crippen molar-refractivity contribution in [1.29, 1.82) is 0 Å². The van der Waals surface area contributed by atoms with Crippen LogP contribution in [0, 0.1) is 0 Å². The van der Waals surface area contributed by atoms with E-state index in [-0.39, 0.29) is 5.91 Å². The monoisotopic (exact) mass is 250 g/mol. The normalized spacial score (nSPS) is 13.2. The van der Waals surface area contributed by atoms with E-state index in [1.54, 1.807) is 23.1 Å². The number of fused-ring (bicyclic) bond motifs is 1. The Balaban J connectivity index is 2.19. The standard InChI is InChI=1S/C13H18N2O3/c1-2-15(6-5-14)13(16)10-3-4-11-12(9-10)18-8-7-17-11/h3-4,9H,2,5-8,14H2,1H3. The summed E-state index contributed by atoms with van der Waals surface area (Å²) in [4.78, 5) is 13.9. The Morgan fingerprint density at radius 2 is 2.06 bits per heavy atom. The number of ether oxygens (including phenoxy) is 2. The fraction of sp³-hybridized carbons (Fsp3) is 0.462. The minimum atomic E-state index is -0.0278. The van der Waals surface area contributed by atoms with Gasteiger partial charge in [0.1, 0.15) is 13.2 Å². The lowest BCUT2D eigenvalue weighted by atomic mass is 10.1. The van der Waals surface area contributed by atoms with E-state index in [4.69, 9.17) is 15.2 Å². The summed E-state index contributed by atoms with van der Waals surface area (Å²) in [6.45, 7) is 4.67. The highest BCUT2D eigenvalue weighted by Crippen LogP contribution is 2.31. The highest BCUT2D eigenvalue weighted by Gasteiger charge is 2.18. The summed E-state index contributed by atoms with van der Waals surface area (Å²) in [6.07, 6.45) is 0. The average Bonchev–Trinajstić information content (AvgIpc) is 2.43. The Morgan fingerprint density at radius 3 is 2.72 bits per heavy atom. The van der Waals surface area contributed by atoms with Crippen LogP contribution in [0.4, 0.5) is 0 Å². The summed E-state index contributed by atoms with van der Waals surface area (Å²) in [5, 5.41) is 0. The summed E-state index contributed by atoms with van der Waals surface area (Å²) < 4.78 is 10.9. The van der Waals surface area contributed by atoms with Crippen LogP contribution in [0.3, 0.4) is 0 Å². The van der Waals surface area contributed by atoms with Gasteiger partial charge in [-0.05, 0) is 25.1 Å². The van der Waals surface area contributed by atoms with Crippen molar-refractivity contribution in [1.82, 2.24) is 4.90 Å². The SMILES string of the molecule is CCN(CCN)C(=O)c1ccc2c(c1)OCCO2. The lowest BCUT2D eigenvalue weighted by molar-refractivity contribution is 0.0768. The third-order valence-corrected chi connectivity index (χ3v) is 2.86. The highest BCUT2D eigenvalue weighted by atomic mass is 16.6. The number of carbonyl (C=O) groups excluding carboxylic acids is 1. The van der Waals surface area contributed by atoms with Crippen molar-refractivity contribution in [2.45, 2.75) is 6.92 Å². The Bertz CT molecular complexity index is 434. The van der Waals surface area contributed by atoms with E-state index < -0.39 is 0 Å². The molecule has 0 saturated carbocycles. The maximum Gasteiger partial charge on any atom is 0.254 e. The molecule has 0 spiro atoms. The molecule has 0 aromatic heterocycles. The van der Waals surface area contributed by atoms with Gasteiger partial charge in [0.2, 0.25) is 0 Å². The van der Waals surface area contributed by atoms with Crippen molar-refractivity contribution in [2.24, 2.45) is 5.73 Å². The van der Waals surface area contributed by atoms with Crippen molar-refractivity contribution >= 4 is 5.91 Å². The molecule has 1 heterocycles. The fourth-order valence-corrected chi connectivity index (χ4v) is 1.92. The molecule has 1 aliphatic heterocycles. The van der Waals surface area contributed by atoms with Gasteiger partial charge in [-0.1, -0.05) is 0 Å². The van der Waals surface area contributed by atoms with Crippen molar-refractivity contribution in [3.63, 3.8) is 0 Å². The zero-order chi connectivity index (χ0) is 13.0. The van der Waals surface area contributed by atoms with Crippen LogP contribution in [-0.4, -0.2) is 43.7 Å². The van der Waals surface area contributed by atoms with E-state index in [9.17, 15) is 4.79 Å². The average molecular weight is 250 g/mol. The number of nitrogens with two attached hydrogens (primary N) is 1. The Hall–Kier alpha value is -1.75. The topological polar surface area (TPSA) is 64.8 Å². The zero-order valence-electron chi connectivity index (χ0n) is 10.5. The smallest absolute Gasteiger partial charge is 0.254 e. The lowest BCUT2D eigenvalue weighted by Gasteiger charge is -2.22. The number of amides is 1. The quantitative estimate of drug-likeness (QED) is 0.861. The van der Waals surface area contributed by atoms with Crippen molar-refractivity contribution in [3.05, 3.63) is 23.8 Å². The molecule has 18 heavy (non-hydrogen) atoms. The second-order valence-electron chi connectivity index (χ2n) is 4.03. The van der Waals surface area contributed by atoms with Crippen LogP contribution in [0.1, 0.15) is 17.3 Å². The molecule has 1 aromatic carbocycles. The van der Waals surface area contributed by atoms with Gasteiger partial charge in [-0.2, -0.15) is 0 Å². The molecule has 0 fully saturated rings. The molecule has 98 valence electrons. The van der Waals surface area contributed by atoms with E-state index in [1.165, 1.54) is 0 Å². The maximum absolute atomic E-state index is 12.2. The van der Waals surface area contributed by atoms with Gasteiger partial charge < -0.3 is 20.1 Å². The van der Waals surface area contributed by atoms with Crippen LogP contribution in [-0.2, 0) is 0 Å². The van der Waals surface area contributed by atoms with Gasteiger partial charge in [0, 0.05) is 25.2 Å². The summed E-state index contributed by atoms with van der Waals surface area (Å²) >= 11 is 0. The minimum Gasteiger partial charge on any atom is -0.486 e. The predicted octanol–water partition coefficient (Wildman–Crippen LogP) is 0.879. The van der Waals surface area contributed by atoms with Crippen LogP contribution in [0.5, 0.6) is 11.5 Å². The molecule has 2 rings (SSSR count). The van der Waals surface area contributed by atoms with Gasteiger partial charge in [0.25, 0.3) is 5.91 Å². The van der Waals surface area contributed by atoms with E-state index in [1.807, 2.05) is 6.92 Å². The Morgan fingerprint density at radius 1 is 1.33 bits per heavy atom. The number of hydrogen-bond acceptors (Lipinski definition) is 4. The first-order valence-corrected chi connectivity index (χ1v) is 6.15. The number of carbonyl (C=O) groups is 1. The molecule has 5 heteroatoms. The molecular formula is C13H18N2O3. The number of rotatable bonds is 4. The second-order valence-corrected chi connectivity index (χ2v) is 4.03. The third kappa shape index (κ3) is 2.56. The molecule has 1 amide bonds. The molecule has 0 saturated heterocycles. The number of hydrogen-bond donors (Lipinski definition) is 1. The van der Waals surface area contributed by atoms with Crippen LogP contribution in [0.25, 0.3) is 0 Å². The van der Waals surface area contributed by atoms with Gasteiger partial charge in [-0.15, -0.1) is 0 Å². The van der Waals surface area contributed by atoms with E-state index in [0.29, 0.717) is 49.9 Å². The van der Waals surface area contributed by atoms with E-state index in [0.717, 1.165) is 0 Å². The molecule has 5 nitrogen and oxygen atoms in total. The molecule has 0 aliphatic carbocycles. The molecule has 0 radical (unpaired) electrons. The predicted molar refractivity (Wildman–Crippen MR) is 68.1 cm³/mol. The summed E-state index contributed by atoms with van der Waals surface area (Å²) in [5.74, 6) is 1.30. The molecule has 0 bridgehead atoms. The molecule has 0 atom stereocenters. The lowest BCUT2D eigenvalue weighted by Crippen LogP contribution is -2.35. The third-order valence-electron chi connectivity index (χ3n) is 2.86. The van der Waals surface area contributed by atoms with Crippen LogP contribution >= 0.6 is 0 Å². The number of benzene rings is 1. The second kappa shape index (κ2) is 5.73. The molecule has 0 unspecified atom stereocenters. The van der Waals surface area contributed by atoms with Crippen LogP contribution in [0.15, 0.2) is 18.2 Å².